The van der Waals surface area contributed by atoms with E-state index in [1.165, 1.54) is 23.5 Å². The number of amides is 1. The fraction of sp³-hybridized carbons (Fsp3) is 0.389. The van der Waals surface area contributed by atoms with Crippen molar-refractivity contribution in [3.8, 4) is 0 Å². The van der Waals surface area contributed by atoms with Gasteiger partial charge in [-0.1, -0.05) is 5.16 Å². The number of aryl methyl sites for hydroxylation is 2. The van der Waals surface area contributed by atoms with Gasteiger partial charge in [0, 0.05) is 30.5 Å². The van der Waals surface area contributed by atoms with Crippen LogP contribution in [0.5, 0.6) is 0 Å². The summed E-state index contributed by atoms with van der Waals surface area (Å²) in [7, 11) is 0. The number of rotatable bonds is 2. The molecule has 1 fully saturated rings. The lowest BCUT2D eigenvalue weighted by molar-refractivity contribution is 0.0715. The molecular formula is C18H18FN3O2S. The smallest absolute Gasteiger partial charge is 0.265 e. The molecule has 0 saturated carbocycles. The summed E-state index contributed by atoms with van der Waals surface area (Å²) in [4.78, 5) is 19.7. The normalized spacial score (nSPS) is 15.9. The van der Waals surface area contributed by atoms with Crippen LogP contribution in [0.1, 0.15) is 44.8 Å². The Morgan fingerprint density at radius 3 is 2.76 bits per heavy atom. The number of aromatic nitrogens is 2. The van der Waals surface area contributed by atoms with Crippen LogP contribution in [0, 0.1) is 19.7 Å². The van der Waals surface area contributed by atoms with Crippen molar-refractivity contribution < 1.29 is 13.7 Å². The fourth-order valence-corrected chi connectivity index (χ4v) is 4.34. The number of piperidine rings is 1. The van der Waals surface area contributed by atoms with E-state index < -0.39 is 0 Å². The predicted octanol–water partition coefficient (Wildman–Crippen LogP) is 4.06. The van der Waals surface area contributed by atoms with E-state index in [2.05, 4.69) is 10.1 Å². The summed E-state index contributed by atoms with van der Waals surface area (Å²) in [5.74, 6) is -0.0421. The SMILES string of the molecule is Cc1nc(C)c(C(=O)N2CCC(c3noc4cc(F)ccc34)CC2)s1. The van der Waals surface area contributed by atoms with Gasteiger partial charge in [0.2, 0.25) is 0 Å². The van der Waals surface area contributed by atoms with Crippen LogP contribution in [0.4, 0.5) is 4.39 Å². The molecule has 0 atom stereocenters. The van der Waals surface area contributed by atoms with Crippen molar-refractivity contribution in [3.05, 3.63) is 45.3 Å². The standard InChI is InChI=1S/C18H18FN3O2S/c1-10-17(25-11(2)20-10)18(23)22-7-5-12(6-8-22)16-14-4-3-13(19)9-15(14)24-21-16/h3-4,9,12H,5-8H2,1-2H3. The minimum Gasteiger partial charge on any atom is -0.356 e. The number of likely N-dealkylation sites (tertiary alicyclic amines) is 1. The van der Waals surface area contributed by atoms with Gasteiger partial charge in [0.05, 0.1) is 16.4 Å². The Hall–Kier alpha value is -2.28. The summed E-state index contributed by atoms with van der Waals surface area (Å²) in [6, 6.07) is 4.51. The molecule has 1 aromatic carbocycles. The molecule has 0 unspecified atom stereocenters. The number of halogens is 1. The Morgan fingerprint density at radius 2 is 2.08 bits per heavy atom. The quantitative estimate of drug-likeness (QED) is 0.692. The zero-order valence-corrected chi connectivity index (χ0v) is 14.9. The van der Waals surface area contributed by atoms with Crippen LogP contribution in [0.2, 0.25) is 0 Å². The minimum atomic E-state index is -0.328. The Labute approximate surface area is 148 Å². The van der Waals surface area contributed by atoms with Gasteiger partial charge < -0.3 is 9.42 Å². The maximum absolute atomic E-state index is 13.3. The minimum absolute atomic E-state index is 0.0635. The summed E-state index contributed by atoms with van der Waals surface area (Å²) in [5, 5.41) is 5.93. The molecule has 130 valence electrons. The molecule has 1 saturated heterocycles. The number of benzene rings is 1. The van der Waals surface area contributed by atoms with Crippen molar-refractivity contribution >= 4 is 28.2 Å². The van der Waals surface area contributed by atoms with Crippen molar-refractivity contribution in [2.24, 2.45) is 0 Å². The Bertz CT molecular complexity index is 941. The summed E-state index contributed by atoms with van der Waals surface area (Å²) in [6.45, 7) is 5.15. The van der Waals surface area contributed by atoms with Crippen LogP contribution >= 0.6 is 11.3 Å². The van der Waals surface area contributed by atoms with E-state index in [1.54, 1.807) is 6.07 Å². The predicted molar refractivity (Wildman–Crippen MR) is 93.4 cm³/mol. The van der Waals surface area contributed by atoms with Gasteiger partial charge >= 0.3 is 0 Å². The first-order valence-electron chi connectivity index (χ1n) is 8.31. The van der Waals surface area contributed by atoms with E-state index in [1.807, 2.05) is 18.7 Å². The molecule has 0 aliphatic carbocycles. The van der Waals surface area contributed by atoms with Crippen LogP contribution in [-0.2, 0) is 0 Å². The molecule has 0 spiro atoms. The van der Waals surface area contributed by atoms with Gasteiger partial charge in [-0.05, 0) is 38.8 Å². The molecule has 3 aromatic rings. The third-order valence-electron chi connectivity index (χ3n) is 4.73. The molecular weight excluding hydrogens is 341 g/mol. The highest BCUT2D eigenvalue weighted by atomic mass is 32.1. The molecule has 1 aliphatic heterocycles. The second-order valence-corrected chi connectivity index (χ2v) is 7.63. The summed E-state index contributed by atoms with van der Waals surface area (Å²) in [5.41, 5.74) is 2.15. The lowest BCUT2D eigenvalue weighted by atomic mass is 9.91. The Kier molecular flexibility index (Phi) is 4.03. The first kappa shape index (κ1) is 16.2. The topological polar surface area (TPSA) is 59.2 Å². The van der Waals surface area contributed by atoms with E-state index in [-0.39, 0.29) is 17.6 Å². The first-order valence-corrected chi connectivity index (χ1v) is 9.12. The number of hydrogen-bond acceptors (Lipinski definition) is 5. The Balaban J connectivity index is 1.49. The number of carbonyl (C=O) groups is 1. The highest BCUT2D eigenvalue weighted by molar-refractivity contribution is 7.13. The second kappa shape index (κ2) is 6.22. The van der Waals surface area contributed by atoms with Crippen molar-refractivity contribution in [1.29, 1.82) is 0 Å². The molecule has 0 bridgehead atoms. The van der Waals surface area contributed by atoms with Gasteiger partial charge in [0.1, 0.15) is 10.7 Å². The third-order valence-corrected chi connectivity index (χ3v) is 5.79. The van der Waals surface area contributed by atoms with Gasteiger partial charge in [-0.25, -0.2) is 9.37 Å². The lowest BCUT2D eigenvalue weighted by Gasteiger charge is -2.31. The van der Waals surface area contributed by atoms with Gasteiger partial charge in [-0.15, -0.1) is 11.3 Å². The first-order chi connectivity index (χ1) is 12.0. The van der Waals surface area contributed by atoms with E-state index >= 15 is 0 Å². The molecule has 0 N–H and O–H groups in total. The summed E-state index contributed by atoms with van der Waals surface area (Å²) in [6.07, 6.45) is 1.64. The summed E-state index contributed by atoms with van der Waals surface area (Å²) < 4.78 is 18.6. The average Bonchev–Trinajstić information content (AvgIpc) is 3.16. The van der Waals surface area contributed by atoms with Gasteiger partial charge in [-0.3, -0.25) is 4.79 Å². The van der Waals surface area contributed by atoms with Crippen molar-refractivity contribution in [3.63, 3.8) is 0 Å². The van der Waals surface area contributed by atoms with Crippen LogP contribution in [0.15, 0.2) is 22.7 Å². The van der Waals surface area contributed by atoms with Crippen LogP contribution < -0.4 is 0 Å². The van der Waals surface area contributed by atoms with Crippen molar-refractivity contribution in [2.45, 2.75) is 32.6 Å². The zero-order valence-electron chi connectivity index (χ0n) is 14.1. The van der Waals surface area contributed by atoms with E-state index in [0.717, 1.165) is 39.5 Å². The van der Waals surface area contributed by atoms with E-state index in [4.69, 9.17) is 4.52 Å². The Morgan fingerprint density at radius 1 is 1.32 bits per heavy atom. The molecule has 25 heavy (non-hydrogen) atoms. The highest BCUT2D eigenvalue weighted by Crippen LogP contribution is 2.33. The average molecular weight is 359 g/mol. The van der Waals surface area contributed by atoms with Gasteiger partial charge in [0.15, 0.2) is 5.58 Å². The molecule has 1 aliphatic rings. The maximum atomic E-state index is 13.3. The van der Waals surface area contributed by atoms with Crippen LogP contribution in [-0.4, -0.2) is 34.0 Å². The number of nitrogens with zero attached hydrogens (tertiary/aromatic N) is 3. The molecule has 4 rings (SSSR count). The van der Waals surface area contributed by atoms with Crippen molar-refractivity contribution in [1.82, 2.24) is 15.0 Å². The van der Waals surface area contributed by atoms with Crippen LogP contribution in [0.25, 0.3) is 11.0 Å². The van der Waals surface area contributed by atoms with E-state index in [9.17, 15) is 9.18 Å². The highest BCUT2D eigenvalue weighted by Gasteiger charge is 2.29. The number of thiazole rings is 1. The molecule has 1 amide bonds. The van der Waals surface area contributed by atoms with E-state index in [0.29, 0.717) is 18.7 Å². The largest absolute Gasteiger partial charge is 0.356 e. The zero-order chi connectivity index (χ0) is 17.6. The molecule has 0 radical (unpaired) electrons. The van der Waals surface area contributed by atoms with Crippen LogP contribution in [0.3, 0.4) is 0 Å². The molecule has 5 nitrogen and oxygen atoms in total. The molecule has 3 heterocycles. The number of carbonyl (C=O) groups excluding carboxylic acids is 1. The van der Waals surface area contributed by atoms with Gasteiger partial charge in [0.25, 0.3) is 5.91 Å². The third kappa shape index (κ3) is 2.93. The van der Waals surface area contributed by atoms with Crippen molar-refractivity contribution in [2.75, 3.05) is 13.1 Å². The number of fused-ring (bicyclic) bond motifs is 1. The second-order valence-electron chi connectivity index (χ2n) is 6.42. The fourth-order valence-electron chi connectivity index (χ4n) is 3.45. The monoisotopic (exact) mass is 359 g/mol. The molecule has 2 aromatic heterocycles. The summed E-state index contributed by atoms with van der Waals surface area (Å²) >= 11 is 1.45. The number of hydrogen-bond donors (Lipinski definition) is 0. The molecule has 7 heteroatoms. The lowest BCUT2D eigenvalue weighted by Crippen LogP contribution is -2.37. The van der Waals surface area contributed by atoms with Gasteiger partial charge in [-0.2, -0.15) is 0 Å². The maximum Gasteiger partial charge on any atom is 0.265 e.